The fourth-order valence-electron chi connectivity index (χ4n) is 2.63. The number of amides is 1. The van der Waals surface area contributed by atoms with Gasteiger partial charge in [0.05, 0.1) is 11.9 Å². The first-order chi connectivity index (χ1) is 11.5. The lowest BCUT2D eigenvalue weighted by atomic mass is 10.1. The molecule has 1 amide bonds. The standard InChI is InChI=1S/C17H19FN4O2/c1-11-8-13(18)2-3-14(11)22-10-15(23)16(21-22)17(24)20-9-12-4-6-19-7-5-12/h2-4,8,10,19,23H,5-7,9H2,1H3,(H,20,24). The molecule has 0 saturated carbocycles. The number of aromatic hydroxyl groups is 1. The number of nitrogens with one attached hydrogen (secondary N) is 2. The van der Waals surface area contributed by atoms with E-state index in [1.165, 1.54) is 23.0 Å². The molecule has 0 unspecified atom stereocenters. The minimum Gasteiger partial charge on any atom is -0.504 e. The summed E-state index contributed by atoms with van der Waals surface area (Å²) in [6.45, 7) is 3.86. The maximum absolute atomic E-state index is 13.2. The molecule has 1 aliphatic rings. The van der Waals surface area contributed by atoms with E-state index in [4.69, 9.17) is 0 Å². The number of rotatable bonds is 4. The highest BCUT2D eigenvalue weighted by Gasteiger charge is 2.18. The Hall–Kier alpha value is -2.67. The summed E-state index contributed by atoms with van der Waals surface area (Å²) >= 11 is 0. The van der Waals surface area contributed by atoms with Crippen molar-refractivity contribution < 1.29 is 14.3 Å². The first kappa shape index (κ1) is 16.2. The van der Waals surface area contributed by atoms with Crippen molar-refractivity contribution in [2.75, 3.05) is 19.6 Å². The second-order valence-corrected chi connectivity index (χ2v) is 5.74. The molecule has 0 radical (unpaired) electrons. The van der Waals surface area contributed by atoms with Crippen LogP contribution in [0.4, 0.5) is 4.39 Å². The van der Waals surface area contributed by atoms with Gasteiger partial charge >= 0.3 is 0 Å². The third-order valence-corrected chi connectivity index (χ3v) is 3.95. The minimum absolute atomic E-state index is 0.0479. The Morgan fingerprint density at radius 1 is 1.50 bits per heavy atom. The zero-order valence-electron chi connectivity index (χ0n) is 13.3. The number of aryl methyl sites for hydroxylation is 1. The highest BCUT2D eigenvalue weighted by Crippen LogP contribution is 2.21. The van der Waals surface area contributed by atoms with E-state index >= 15 is 0 Å². The van der Waals surface area contributed by atoms with Crippen LogP contribution >= 0.6 is 0 Å². The van der Waals surface area contributed by atoms with Crippen molar-refractivity contribution in [2.45, 2.75) is 13.3 Å². The van der Waals surface area contributed by atoms with E-state index in [1.807, 2.05) is 6.08 Å². The molecule has 7 heteroatoms. The molecule has 126 valence electrons. The fraction of sp³-hybridized carbons (Fsp3) is 0.294. The van der Waals surface area contributed by atoms with E-state index in [-0.39, 0.29) is 17.3 Å². The maximum atomic E-state index is 13.2. The molecule has 0 spiro atoms. The number of benzene rings is 1. The molecular formula is C17H19FN4O2. The topological polar surface area (TPSA) is 79.2 Å². The lowest BCUT2D eigenvalue weighted by molar-refractivity contribution is 0.0948. The van der Waals surface area contributed by atoms with Crippen LogP contribution < -0.4 is 10.6 Å². The van der Waals surface area contributed by atoms with Gasteiger partial charge in [-0.2, -0.15) is 5.10 Å². The molecule has 0 aliphatic carbocycles. The van der Waals surface area contributed by atoms with Crippen molar-refractivity contribution in [2.24, 2.45) is 0 Å². The molecule has 0 saturated heterocycles. The van der Waals surface area contributed by atoms with Gasteiger partial charge in [-0.1, -0.05) is 11.6 Å². The first-order valence-electron chi connectivity index (χ1n) is 7.76. The molecule has 2 heterocycles. The van der Waals surface area contributed by atoms with Crippen LogP contribution in [0, 0.1) is 12.7 Å². The molecule has 1 aromatic heterocycles. The van der Waals surface area contributed by atoms with Gasteiger partial charge in [0.2, 0.25) is 0 Å². The van der Waals surface area contributed by atoms with Crippen LogP contribution in [0.5, 0.6) is 5.75 Å². The molecule has 0 atom stereocenters. The second kappa shape index (κ2) is 6.84. The summed E-state index contributed by atoms with van der Waals surface area (Å²) < 4.78 is 14.6. The van der Waals surface area contributed by atoms with Gasteiger partial charge in [0.1, 0.15) is 5.82 Å². The SMILES string of the molecule is Cc1cc(F)ccc1-n1cc(O)c(C(=O)NCC2=CCNCC2)n1. The number of aromatic nitrogens is 2. The molecule has 6 nitrogen and oxygen atoms in total. The number of halogens is 1. The number of carbonyl (C=O) groups excluding carboxylic acids is 1. The summed E-state index contributed by atoms with van der Waals surface area (Å²) in [5.74, 6) is -0.998. The van der Waals surface area contributed by atoms with Gasteiger partial charge in [-0.15, -0.1) is 0 Å². The zero-order valence-corrected chi connectivity index (χ0v) is 13.3. The zero-order chi connectivity index (χ0) is 17.1. The quantitative estimate of drug-likeness (QED) is 0.745. The largest absolute Gasteiger partial charge is 0.504 e. The van der Waals surface area contributed by atoms with Crippen molar-refractivity contribution >= 4 is 5.91 Å². The van der Waals surface area contributed by atoms with Crippen molar-refractivity contribution in [3.63, 3.8) is 0 Å². The maximum Gasteiger partial charge on any atom is 0.275 e. The van der Waals surface area contributed by atoms with Crippen molar-refractivity contribution in [3.05, 3.63) is 53.1 Å². The van der Waals surface area contributed by atoms with Crippen LogP contribution in [-0.2, 0) is 0 Å². The smallest absolute Gasteiger partial charge is 0.275 e. The van der Waals surface area contributed by atoms with Gasteiger partial charge in [0.25, 0.3) is 5.91 Å². The van der Waals surface area contributed by atoms with E-state index in [0.29, 0.717) is 17.8 Å². The molecule has 2 aromatic rings. The summed E-state index contributed by atoms with van der Waals surface area (Å²) in [6, 6.07) is 4.24. The van der Waals surface area contributed by atoms with E-state index in [1.54, 1.807) is 13.0 Å². The molecule has 0 bridgehead atoms. The Kier molecular flexibility index (Phi) is 4.61. The van der Waals surface area contributed by atoms with Gasteiger partial charge in [0, 0.05) is 13.1 Å². The van der Waals surface area contributed by atoms with Crippen LogP contribution in [0.2, 0.25) is 0 Å². The van der Waals surface area contributed by atoms with Crippen molar-refractivity contribution in [1.82, 2.24) is 20.4 Å². The van der Waals surface area contributed by atoms with Crippen LogP contribution in [0.1, 0.15) is 22.5 Å². The number of carbonyl (C=O) groups is 1. The van der Waals surface area contributed by atoms with Gasteiger partial charge in [-0.25, -0.2) is 9.07 Å². The molecule has 1 aliphatic heterocycles. The van der Waals surface area contributed by atoms with Crippen LogP contribution in [-0.4, -0.2) is 40.4 Å². The van der Waals surface area contributed by atoms with Gasteiger partial charge in [0.15, 0.2) is 11.4 Å². The van der Waals surface area contributed by atoms with E-state index in [0.717, 1.165) is 25.1 Å². The minimum atomic E-state index is -0.439. The molecule has 3 rings (SSSR count). The third kappa shape index (κ3) is 3.46. The normalized spacial score (nSPS) is 14.3. The highest BCUT2D eigenvalue weighted by molar-refractivity contribution is 5.94. The van der Waals surface area contributed by atoms with Crippen LogP contribution in [0.25, 0.3) is 5.69 Å². The Balaban J connectivity index is 1.75. The predicted molar refractivity (Wildman–Crippen MR) is 87.8 cm³/mol. The Morgan fingerprint density at radius 3 is 3.04 bits per heavy atom. The predicted octanol–water partition coefficient (Wildman–Crippen LogP) is 1.67. The van der Waals surface area contributed by atoms with Gasteiger partial charge < -0.3 is 15.7 Å². The summed E-state index contributed by atoms with van der Waals surface area (Å²) in [4.78, 5) is 12.2. The molecule has 3 N–H and O–H groups in total. The van der Waals surface area contributed by atoms with Crippen LogP contribution in [0.15, 0.2) is 36.0 Å². The number of nitrogens with zero attached hydrogens (tertiary/aromatic N) is 2. The Bertz CT molecular complexity index is 798. The average Bonchev–Trinajstić information content (AvgIpc) is 2.95. The molecular weight excluding hydrogens is 311 g/mol. The average molecular weight is 330 g/mol. The monoisotopic (exact) mass is 330 g/mol. The van der Waals surface area contributed by atoms with Gasteiger partial charge in [-0.3, -0.25) is 4.79 Å². The van der Waals surface area contributed by atoms with Crippen molar-refractivity contribution in [1.29, 1.82) is 0 Å². The van der Waals surface area contributed by atoms with E-state index < -0.39 is 5.91 Å². The lowest BCUT2D eigenvalue weighted by Crippen LogP contribution is -2.30. The van der Waals surface area contributed by atoms with Gasteiger partial charge in [-0.05, 0) is 43.7 Å². The lowest BCUT2D eigenvalue weighted by Gasteiger charge is -2.14. The fourth-order valence-corrected chi connectivity index (χ4v) is 2.63. The Labute approximate surface area is 139 Å². The second-order valence-electron chi connectivity index (χ2n) is 5.74. The molecule has 0 fully saturated rings. The van der Waals surface area contributed by atoms with Crippen LogP contribution in [0.3, 0.4) is 0 Å². The summed E-state index contributed by atoms with van der Waals surface area (Å²) in [7, 11) is 0. The van der Waals surface area contributed by atoms with E-state index in [9.17, 15) is 14.3 Å². The highest BCUT2D eigenvalue weighted by atomic mass is 19.1. The molecule has 1 aromatic carbocycles. The molecule has 24 heavy (non-hydrogen) atoms. The summed E-state index contributed by atoms with van der Waals surface area (Å²) in [6.07, 6.45) is 4.28. The van der Waals surface area contributed by atoms with E-state index in [2.05, 4.69) is 15.7 Å². The third-order valence-electron chi connectivity index (χ3n) is 3.95. The number of hydrogen-bond acceptors (Lipinski definition) is 4. The van der Waals surface area contributed by atoms with Crippen molar-refractivity contribution in [3.8, 4) is 11.4 Å². The summed E-state index contributed by atoms with van der Waals surface area (Å²) in [5, 5.41) is 20.1. The number of hydrogen-bond donors (Lipinski definition) is 3. The Morgan fingerprint density at radius 2 is 2.33 bits per heavy atom. The first-order valence-corrected chi connectivity index (χ1v) is 7.76. The summed E-state index contributed by atoms with van der Waals surface area (Å²) in [5.41, 5.74) is 2.36.